The van der Waals surface area contributed by atoms with Crippen molar-refractivity contribution >= 4 is 40.9 Å². The zero-order valence-electron chi connectivity index (χ0n) is 20.4. The van der Waals surface area contributed by atoms with Crippen LogP contribution in [0.2, 0.25) is 5.02 Å². The molecule has 0 saturated heterocycles. The highest BCUT2D eigenvalue weighted by Crippen LogP contribution is 2.36. The molecule has 6 nitrogen and oxygen atoms in total. The Morgan fingerprint density at radius 3 is 2.22 bits per heavy atom. The molecule has 41 heavy (non-hydrogen) atoms. The van der Waals surface area contributed by atoms with Gasteiger partial charge >= 0.3 is 12.4 Å². The fraction of sp³-hybridized carbons (Fsp3) is 0.154. The number of nitrogens with one attached hydrogen (secondary N) is 3. The Bertz CT molecular complexity index is 1600. The van der Waals surface area contributed by atoms with Gasteiger partial charge < -0.3 is 16.0 Å². The van der Waals surface area contributed by atoms with Crippen LogP contribution in [0.4, 0.5) is 46.5 Å². The molecule has 0 aliphatic carbocycles. The summed E-state index contributed by atoms with van der Waals surface area (Å²) in [6.45, 7) is 0.690. The number of hydrogen-bond donors (Lipinski definition) is 3. The van der Waals surface area contributed by atoms with Gasteiger partial charge in [0.15, 0.2) is 5.78 Å². The van der Waals surface area contributed by atoms with E-state index in [9.17, 15) is 50.0 Å². The third-order valence-corrected chi connectivity index (χ3v) is 5.95. The van der Waals surface area contributed by atoms with Gasteiger partial charge in [-0.05, 0) is 49.4 Å². The van der Waals surface area contributed by atoms with E-state index in [0.29, 0.717) is 25.3 Å². The van der Waals surface area contributed by atoms with E-state index in [4.69, 9.17) is 17.0 Å². The molecule has 0 bridgehead atoms. The number of alkyl halides is 6. The first-order valence-corrected chi connectivity index (χ1v) is 11.5. The molecule has 0 aliphatic heterocycles. The minimum atomic E-state index is -5.06. The first-order chi connectivity index (χ1) is 19.0. The second-order valence-electron chi connectivity index (χ2n) is 8.43. The predicted molar refractivity (Wildman–Crippen MR) is 132 cm³/mol. The summed E-state index contributed by atoms with van der Waals surface area (Å²) in [5.74, 6) is -5.08. The maximum absolute atomic E-state index is 13.9. The molecule has 0 aliphatic rings. The summed E-state index contributed by atoms with van der Waals surface area (Å²) in [6.07, 6.45) is -9.45. The monoisotopic (exact) mass is 602 g/mol. The fourth-order valence-corrected chi connectivity index (χ4v) is 3.82. The van der Waals surface area contributed by atoms with E-state index in [1.54, 1.807) is 6.07 Å². The molecule has 3 N–H and O–H groups in total. The third kappa shape index (κ3) is 6.80. The number of carbonyl (C=O) groups is 2. The van der Waals surface area contributed by atoms with Gasteiger partial charge in [-0.1, -0.05) is 11.6 Å². The Labute approximate surface area is 231 Å². The quantitative estimate of drug-likeness (QED) is 0.149. The van der Waals surface area contributed by atoms with Crippen molar-refractivity contribution in [3.05, 3.63) is 92.5 Å². The molecule has 0 heterocycles. The molecule has 3 aromatic carbocycles. The lowest BCUT2D eigenvalue weighted by molar-refractivity contribution is -0.139. The molecule has 1 unspecified atom stereocenters. The number of hydrogen-bond acceptors (Lipinski definition) is 5. The standard InChI is InChI=1S/C26H15ClF8N4O2/c1-11(25(30,31)32)38-20-8-21(39-24(41)12-4-13(26(33,34)35)6-15(29)5-12)22(18(10-37)17(20)9-36)23(40)16-7-14(28)2-3-19(16)27/h2-9,11,36,38H,1H3,(H,39,41). The van der Waals surface area contributed by atoms with E-state index in [1.165, 1.54) is 0 Å². The van der Waals surface area contributed by atoms with Gasteiger partial charge in [0.2, 0.25) is 0 Å². The number of ketones is 1. The van der Waals surface area contributed by atoms with Crippen molar-refractivity contribution in [1.29, 1.82) is 10.7 Å². The van der Waals surface area contributed by atoms with Crippen molar-refractivity contribution in [2.75, 3.05) is 10.6 Å². The first-order valence-electron chi connectivity index (χ1n) is 11.1. The highest BCUT2D eigenvalue weighted by atomic mass is 35.5. The molecule has 3 aromatic rings. The van der Waals surface area contributed by atoms with Gasteiger partial charge in [-0.3, -0.25) is 9.59 Å². The summed E-state index contributed by atoms with van der Waals surface area (Å²) in [6, 6.07) is 3.37. The van der Waals surface area contributed by atoms with E-state index in [0.717, 1.165) is 18.2 Å². The van der Waals surface area contributed by atoms with Crippen LogP contribution in [0.15, 0.2) is 42.5 Å². The highest BCUT2D eigenvalue weighted by molar-refractivity contribution is 6.35. The van der Waals surface area contributed by atoms with Crippen LogP contribution in [0.25, 0.3) is 0 Å². The van der Waals surface area contributed by atoms with Crippen LogP contribution < -0.4 is 10.6 Å². The van der Waals surface area contributed by atoms with Crippen LogP contribution in [-0.4, -0.2) is 30.1 Å². The Kier molecular flexibility index (Phi) is 8.73. The number of carbonyl (C=O) groups excluding carboxylic acids is 2. The zero-order chi connectivity index (χ0) is 30.9. The van der Waals surface area contributed by atoms with Gasteiger partial charge in [-0.15, -0.1) is 0 Å². The van der Waals surface area contributed by atoms with E-state index in [1.807, 2.05) is 10.6 Å². The van der Waals surface area contributed by atoms with Crippen molar-refractivity contribution in [1.82, 2.24) is 0 Å². The second-order valence-corrected chi connectivity index (χ2v) is 8.84. The van der Waals surface area contributed by atoms with Crippen molar-refractivity contribution in [2.45, 2.75) is 25.3 Å². The third-order valence-electron chi connectivity index (χ3n) is 5.62. The summed E-state index contributed by atoms with van der Waals surface area (Å²) in [4.78, 5) is 26.5. The first kappa shape index (κ1) is 31.0. The Morgan fingerprint density at radius 1 is 1.00 bits per heavy atom. The van der Waals surface area contributed by atoms with Gasteiger partial charge in [-0.25, -0.2) is 8.78 Å². The second kappa shape index (κ2) is 11.5. The van der Waals surface area contributed by atoms with Crippen LogP contribution in [0.5, 0.6) is 0 Å². The lowest BCUT2D eigenvalue weighted by Gasteiger charge is -2.23. The maximum Gasteiger partial charge on any atom is 0.416 e. The largest absolute Gasteiger partial charge is 0.416 e. The molecule has 0 aromatic heterocycles. The van der Waals surface area contributed by atoms with Gasteiger partial charge in [0, 0.05) is 28.6 Å². The maximum atomic E-state index is 13.9. The Morgan fingerprint density at radius 2 is 1.66 bits per heavy atom. The lowest BCUT2D eigenvalue weighted by Crippen LogP contribution is -2.33. The molecule has 0 fully saturated rings. The number of halogens is 9. The number of amides is 1. The van der Waals surface area contributed by atoms with Crippen LogP contribution in [0.3, 0.4) is 0 Å². The summed E-state index contributed by atoms with van der Waals surface area (Å²) in [7, 11) is 0. The molecule has 1 amide bonds. The van der Waals surface area contributed by atoms with E-state index < -0.39 is 86.5 Å². The number of nitrogens with zero attached hydrogens (tertiary/aromatic N) is 1. The number of nitriles is 1. The fourth-order valence-electron chi connectivity index (χ4n) is 3.62. The molecular formula is C26H15ClF8N4O2. The molecule has 0 spiro atoms. The predicted octanol–water partition coefficient (Wildman–Crippen LogP) is 7.35. The minimum Gasteiger partial charge on any atom is -0.374 e. The molecule has 0 saturated carbocycles. The van der Waals surface area contributed by atoms with Gasteiger partial charge in [0.25, 0.3) is 5.91 Å². The van der Waals surface area contributed by atoms with Crippen LogP contribution >= 0.6 is 11.6 Å². The van der Waals surface area contributed by atoms with Crippen LogP contribution in [0, 0.1) is 28.4 Å². The number of benzene rings is 3. The van der Waals surface area contributed by atoms with Crippen molar-refractivity contribution in [3.63, 3.8) is 0 Å². The lowest BCUT2D eigenvalue weighted by atomic mass is 9.92. The van der Waals surface area contributed by atoms with Gasteiger partial charge in [0.1, 0.15) is 23.7 Å². The Balaban J connectivity index is 2.30. The molecule has 214 valence electrons. The Hall–Kier alpha value is -4.51. The summed E-state index contributed by atoms with van der Waals surface area (Å²) in [5, 5.41) is 21.2. The summed E-state index contributed by atoms with van der Waals surface area (Å²) < 4.78 is 107. The number of anilines is 2. The minimum absolute atomic E-state index is 0.116. The smallest absolute Gasteiger partial charge is 0.374 e. The molecular weight excluding hydrogens is 588 g/mol. The topological polar surface area (TPSA) is 106 Å². The summed E-state index contributed by atoms with van der Waals surface area (Å²) in [5.41, 5.74) is -6.35. The number of rotatable bonds is 7. The normalized spacial score (nSPS) is 12.3. The van der Waals surface area contributed by atoms with Gasteiger partial charge in [0.05, 0.1) is 27.4 Å². The average Bonchev–Trinajstić information content (AvgIpc) is 2.87. The van der Waals surface area contributed by atoms with Crippen LogP contribution in [-0.2, 0) is 6.18 Å². The average molecular weight is 603 g/mol. The van der Waals surface area contributed by atoms with Crippen LogP contribution in [0.1, 0.15) is 49.9 Å². The van der Waals surface area contributed by atoms with E-state index in [-0.39, 0.29) is 17.2 Å². The van der Waals surface area contributed by atoms with Crippen molar-refractivity contribution in [2.24, 2.45) is 0 Å². The van der Waals surface area contributed by atoms with Crippen molar-refractivity contribution < 1.29 is 44.7 Å². The molecule has 15 heteroatoms. The van der Waals surface area contributed by atoms with E-state index >= 15 is 0 Å². The van der Waals surface area contributed by atoms with E-state index in [2.05, 4.69) is 0 Å². The van der Waals surface area contributed by atoms with Crippen molar-refractivity contribution in [3.8, 4) is 6.07 Å². The summed E-state index contributed by atoms with van der Waals surface area (Å²) >= 11 is 6.00. The van der Waals surface area contributed by atoms with Gasteiger partial charge in [-0.2, -0.15) is 31.6 Å². The highest BCUT2D eigenvalue weighted by Gasteiger charge is 2.37. The molecule has 0 radical (unpaired) electrons. The SMILES string of the molecule is CC(Nc1cc(NC(=O)c2cc(F)cc(C(F)(F)F)c2)c(C(=O)c2cc(F)ccc2Cl)c(C#N)c1C=N)C(F)(F)F. The zero-order valence-corrected chi connectivity index (χ0v) is 21.1. The molecule has 1 atom stereocenters. The molecule has 3 rings (SSSR count).